The first-order chi connectivity index (χ1) is 10.7. The minimum atomic E-state index is -0.529. The van der Waals surface area contributed by atoms with E-state index in [4.69, 9.17) is 4.74 Å². The summed E-state index contributed by atoms with van der Waals surface area (Å²) in [6.45, 7) is 3.53. The summed E-state index contributed by atoms with van der Waals surface area (Å²) in [4.78, 5) is 4.40. The van der Waals surface area contributed by atoms with Crippen LogP contribution in [0.15, 0.2) is 30.3 Å². The monoisotopic (exact) mass is 302 g/mol. The molecule has 0 spiro atoms. The normalized spacial score (nSPS) is 18.7. The second-order valence-corrected chi connectivity index (χ2v) is 5.68. The average molecular weight is 302 g/mol. The lowest BCUT2D eigenvalue weighted by atomic mass is 10.1. The van der Waals surface area contributed by atoms with Gasteiger partial charge in [-0.25, -0.2) is 9.67 Å². The van der Waals surface area contributed by atoms with Gasteiger partial charge in [-0.1, -0.05) is 18.2 Å². The fraction of sp³-hybridized carbons (Fsp3) is 0.500. The number of fused-ring (bicyclic) bond motifs is 1. The van der Waals surface area contributed by atoms with Crippen molar-refractivity contribution < 1.29 is 9.84 Å². The summed E-state index contributed by atoms with van der Waals surface area (Å²) in [5, 5.41) is 17.8. The van der Waals surface area contributed by atoms with E-state index in [1.165, 1.54) is 0 Å². The van der Waals surface area contributed by atoms with Gasteiger partial charge in [-0.3, -0.25) is 0 Å². The Kier molecular flexibility index (Phi) is 4.70. The lowest BCUT2D eigenvalue weighted by Crippen LogP contribution is -2.42. The van der Waals surface area contributed by atoms with Crippen LogP contribution in [-0.4, -0.2) is 45.2 Å². The molecule has 0 saturated carbocycles. The van der Waals surface area contributed by atoms with Crippen molar-refractivity contribution in [3.63, 3.8) is 0 Å². The van der Waals surface area contributed by atoms with Crippen LogP contribution in [0.5, 0.6) is 5.75 Å². The maximum absolute atomic E-state index is 10.0. The Balaban J connectivity index is 1.41. The Bertz CT molecular complexity index is 599. The van der Waals surface area contributed by atoms with Crippen LogP contribution in [0.25, 0.3) is 0 Å². The molecule has 0 fully saturated rings. The molecule has 6 heteroatoms. The van der Waals surface area contributed by atoms with Crippen LogP contribution in [0.1, 0.15) is 18.1 Å². The summed E-state index contributed by atoms with van der Waals surface area (Å²) in [5.74, 6) is 2.66. The van der Waals surface area contributed by atoms with Crippen LogP contribution in [0, 0.1) is 6.92 Å². The molecule has 0 bridgehead atoms. The Morgan fingerprint density at radius 1 is 1.41 bits per heavy atom. The molecule has 0 saturated heterocycles. The highest BCUT2D eigenvalue weighted by atomic mass is 16.5. The molecule has 0 aliphatic carbocycles. The van der Waals surface area contributed by atoms with Gasteiger partial charge in [0.25, 0.3) is 0 Å². The Morgan fingerprint density at radius 3 is 3.05 bits per heavy atom. The number of hydrogen-bond acceptors (Lipinski definition) is 5. The molecule has 2 aromatic rings. The number of nitrogens with one attached hydrogen (secondary N) is 1. The molecule has 22 heavy (non-hydrogen) atoms. The Hall–Kier alpha value is -1.92. The van der Waals surface area contributed by atoms with Gasteiger partial charge in [-0.15, -0.1) is 0 Å². The molecule has 2 atom stereocenters. The number of ether oxygens (including phenoxy) is 1. The van der Waals surface area contributed by atoms with Crippen LogP contribution in [0.3, 0.4) is 0 Å². The van der Waals surface area contributed by atoms with Gasteiger partial charge in [0.15, 0.2) is 0 Å². The predicted molar refractivity (Wildman–Crippen MR) is 82.8 cm³/mol. The van der Waals surface area contributed by atoms with E-state index in [9.17, 15) is 5.11 Å². The highest BCUT2D eigenvalue weighted by molar-refractivity contribution is 5.20. The Morgan fingerprint density at radius 2 is 2.23 bits per heavy atom. The summed E-state index contributed by atoms with van der Waals surface area (Å²) in [6, 6.07) is 9.86. The highest BCUT2D eigenvalue weighted by Gasteiger charge is 2.21. The molecule has 0 radical (unpaired) electrons. The number of aliphatic hydroxyl groups is 1. The van der Waals surface area contributed by atoms with Crippen molar-refractivity contribution in [3.8, 4) is 5.75 Å². The van der Waals surface area contributed by atoms with Crippen LogP contribution < -0.4 is 10.1 Å². The minimum absolute atomic E-state index is 0.289. The number of aromatic nitrogens is 3. The first-order valence-corrected chi connectivity index (χ1v) is 7.70. The van der Waals surface area contributed by atoms with E-state index in [1.54, 1.807) is 0 Å². The largest absolute Gasteiger partial charge is 0.491 e. The lowest BCUT2D eigenvalue weighted by molar-refractivity contribution is 0.101. The number of para-hydroxylation sites is 1. The molecule has 1 aliphatic rings. The predicted octanol–water partition coefficient (Wildman–Crippen LogP) is 0.931. The number of nitrogens with zero attached hydrogens (tertiary/aromatic N) is 3. The van der Waals surface area contributed by atoms with E-state index in [0.717, 1.165) is 36.8 Å². The van der Waals surface area contributed by atoms with Crippen molar-refractivity contribution >= 4 is 0 Å². The van der Waals surface area contributed by atoms with Gasteiger partial charge in [0.05, 0.1) is 6.54 Å². The first kappa shape index (κ1) is 15.0. The maximum atomic E-state index is 10.0. The van der Waals surface area contributed by atoms with E-state index in [0.29, 0.717) is 12.6 Å². The smallest absolute Gasteiger partial charge is 0.147 e. The number of aryl methyl sites for hydroxylation is 2. The quantitative estimate of drug-likeness (QED) is 0.830. The van der Waals surface area contributed by atoms with Crippen LogP contribution in [0.4, 0.5) is 0 Å². The third kappa shape index (κ3) is 3.84. The van der Waals surface area contributed by atoms with Crippen molar-refractivity contribution in [3.05, 3.63) is 42.0 Å². The third-order valence-electron chi connectivity index (χ3n) is 3.79. The van der Waals surface area contributed by atoms with Crippen molar-refractivity contribution in [2.24, 2.45) is 0 Å². The molecular weight excluding hydrogens is 280 g/mol. The van der Waals surface area contributed by atoms with Gasteiger partial charge in [0.2, 0.25) is 0 Å². The second-order valence-electron chi connectivity index (χ2n) is 5.68. The summed E-state index contributed by atoms with van der Waals surface area (Å²) in [5.41, 5.74) is 0. The number of aliphatic hydroxyl groups excluding tert-OH is 1. The molecule has 0 amide bonds. The summed E-state index contributed by atoms with van der Waals surface area (Å²) in [7, 11) is 0. The zero-order chi connectivity index (χ0) is 15.4. The van der Waals surface area contributed by atoms with Gasteiger partial charge >= 0.3 is 0 Å². The molecule has 2 unspecified atom stereocenters. The van der Waals surface area contributed by atoms with E-state index in [1.807, 2.05) is 41.9 Å². The average Bonchev–Trinajstić information content (AvgIpc) is 2.91. The zero-order valence-corrected chi connectivity index (χ0v) is 12.8. The molecular formula is C16H22N4O2. The molecule has 1 aromatic carbocycles. The maximum Gasteiger partial charge on any atom is 0.147 e. The molecule has 1 aliphatic heterocycles. The van der Waals surface area contributed by atoms with E-state index in [2.05, 4.69) is 15.4 Å². The van der Waals surface area contributed by atoms with Gasteiger partial charge < -0.3 is 15.2 Å². The molecule has 1 aromatic heterocycles. The topological polar surface area (TPSA) is 72.2 Å². The molecule has 6 nitrogen and oxygen atoms in total. The van der Waals surface area contributed by atoms with Gasteiger partial charge in [0, 0.05) is 19.0 Å². The molecule has 2 heterocycles. The lowest BCUT2D eigenvalue weighted by Gasteiger charge is -2.24. The van der Waals surface area contributed by atoms with Gasteiger partial charge in [0.1, 0.15) is 30.1 Å². The number of hydrogen-bond donors (Lipinski definition) is 2. The van der Waals surface area contributed by atoms with E-state index in [-0.39, 0.29) is 6.61 Å². The SMILES string of the molecule is Cc1nc2n(n1)CC(NCC(O)COc1ccccc1)CC2. The number of rotatable bonds is 6. The van der Waals surface area contributed by atoms with Crippen LogP contribution in [0.2, 0.25) is 0 Å². The number of benzene rings is 1. The standard InChI is InChI=1S/C16H22N4O2/c1-12-18-16-8-7-13(10-20(16)19-12)17-9-14(21)11-22-15-5-3-2-4-6-15/h2-6,13-14,17,21H,7-11H2,1H3. The first-order valence-electron chi connectivity index (χ1n) is 7.70. The third-order valence-corrected chi connectivity index (χ3v) is 3.79. The second kappa shape index (κ2) is 6.89. The van der Waals surface area contributed by atoms with Gasteiger partial charge in [-0.05, 0) is 25.5 Å². The van der Waals surface area contributed by atoms with Crippen molar-refractivity contribution in [2.75, 3.05) is 13.2 Å². The van der Waals surface area contributed by atoms with Crippen LogP contribution >= 0.6 is 0 Å². The van der Waals surface area contributed by atoms with Crippen LogP contribution in [-0.2, 0) is 13.0 Å². The summed E-state index contributed by atoms with van der Waals surface area (Å²) < 4.78 is 7.51. The van der Waals surface area contributed by atoms with Crippen molar-refractivity contribution in [1.29, 1.82) is 0 Å². The zero-order valence-electron chi connectivity index (χ0n) is 12.8. The minimum Gasteiger partial charge on any atom is -0.491 e. The van der Waals surface area contributed by atoms with E-state index >= 15 is 0 Å². The fourth-order valence-electron chi connectivity index (χ4n) is 2.67. The fourth-order valence-corrected chi connectivity index (χ4v) is 2.67. The highest BCUT2D eigenvalue weighted by Crippen LogP contribution is 2.13. The van der Waals surface area contributed by atoms with Crippen molar-refractivity contribution in [1.82, 2.24) is 20.1 Å². The summed E-state index contributed by atoms with van der Waals surface area (Å²) in [6.07, 6.45) is 1.42. The molecule has 2 N–H and O–H groups in total. The summed E-state index contributed by atoms with van der Waals surface area (Å²) >= 11 is 0. The Labute approximate surface area is 130 Å². The van der Waals surface area contributed by atoms with Crippen molar-refractivity contribution in [2.45, 2.75) is 38.5 Å². The molecule has 3 rings (SSSR count). The van der Waals surface area contributed by atoms with Gasteiger partial charge in [-0.2, -0.15) is 5.10 Å². The van der Waals surface area contributed by atoms with E-state index < -0.39 is 6.10 Å². The molecule has 118 valence electrons.